The molecule has 1 unspecified atom stereocenters. The number of nitrogens with one attached hydrogen (secondary N) is 2. The van der Waals surface area contributed by atoms with Crippen LogP contribution in [0.3, 0.4) is 0 Å². The average molecular weight is 648 g/mol. The van der Waals surface area contributed by atoms with Crippen molar-refractivity contribution in [3.63, 3.8) is 0 Å². The van der Waals surface area contributed by atoms with Crippen molar-refractivity contribution in [2.24, 2.45) is 0 Å². The highest BCUT2D eigenvalue weighted by Gasteiger charge is 2.35. The van der Waals surface area contributed by atoms with E-state index < -0.39 is 16.1 Å². The highest BCUT2D eigenvalue weighted by Crippen LogP contribution is 2.47. The molecule has 0 spiro atoms. The quantitative estimate of drug-likeness (QED) is 0.342. The molecule has 2 amide bonds. The Morgan fingerprint density at radius 1 is 1.04 bits per heavy atom. The molecule has 1 aromatic heterocycles. The van der Waals surface area contributed by atoms with Crippen molar-refractivity contribution in [1.82, 2.24) is 23.8 Å². The molecule has 0 bridgehead atoms. The van der Waals surface area contributed by atoms with Crippen molar-refractivity contribution in [1.29, 1.82) is 0 Å². The second-order valence-electron chi connectivity index (χ2n) is 12.8. The summed E-state index contributed by atoms with van der Waals surface area (Å²) >= 11 is 0. The van der Waals surface area contributed by atoms with Crippen LogP contribution in [0, 0.1) is 0 Å². The van der Waals surface area contributed by atoms with Crippen LogP contribution in [0.15, 0.2) is 42.0 Å². The van der Waals surface area contributed by atoms with Crippen LogP contribution in [0.1, 0.15) is 79.3 Å². The number of rotatable bonds is 9. The molecule has 2 aliphatic heterocycles. The van der Waals surface area contributed by atoms with E-state index >= 15 is 0 Å². The van der Waals surface area contributed by atoms with E-state index in [9.17, 15) is 18.0 Å². The summed E-state index contributed by atoms with van der Waals surface area (Å²) in [6.07, 6.45) is 9.64. The summed E-state index contributed by atoms with van der Waals surface area (Å²) in [5.41, 5.74) is 5.98. The molecule has 1 saturated carbocycles. The fraction of sp³-hybridized carbons (Fsp3) is 0.486. The number of nitrogens with zero attached hydrogens (tertiary/aromatic N) is 3. The largest absolute Gasteiger partial charge is 0.497 e. The van der Waals surface area contributed by atoms with Gasteiger partial charge in [-0.3, -0.25) is 9.59 Å². The molecule has 3 aliphatic rings. The summed E-state index contributed by atoms with van der Waals surface area (Å²) in [5.74, 6) is 0.371. The molecule has 246 valence electrons. The Kier molecular flexibility index (Phi) is 9.27. The van der Waals surface area contributed by atoms with Gasteiger partial charge in [-0.1, -0.05) is 32.3 Å². The summed E-state index contributed by atoms with van der Waals surface area (Å²) < 4.78 is 36.4. The number of methoxy groups -OCH3 is 1. The monoisotopic (exact) mass is 647 g/mol. The molecule has 11 heteroatoms. The number of hydrogen-bond donors (Lipinski definition) is 2. The van der Waals surface area contributed by atoms with Crippen LogP contribution >= 0.6 is 0 Å². The molecule has 3 heterocycles. The van der Waals surface area contributed by atoms with E-state index in [1.54, 1.807) is 19.2 Å². The van der Waals surface area contributed by atoms with Crippen molar-refractivity contribution < 1.29 is 22.7 Å². The molecule has 2 N–H and O–H groups in total. The summed E-state index contributed by atoms with van der Waals surface area (Å²) in [4.78, 5) is 31.9. The summed E-state index contributed by atoms with van der Waals surface area (Å²) in [6, 6.07) is 11.6. The van der Waals surface area contributed by atoms with Gasteiger partial charge in [0.25, 0.3) is 11.8 Å². The minimum atomic E-state index is -3.98. The Morgan fingerprint density at radius 2 is 1.83 bits per heavy atom. The standard InChI is InChI=1S/C35H45N5O5S/c1-5-38(3)22-27-12-9-17-39(27)35(42)26-18-25-19-28(45-4)14-16-29(25)33-32(23-10-7-6-8-11-23)30-15-13-24(20-31(30)40(33)21-26)34(41)37-46(43,44)36-2/h13-16,18-20,23,27,36H,5-12,17,21-22H2,1-4H3,(H,37,41). The van der Waals surface area contributed by atoms with Crippen molar-refractivity contribution in [2.75, 3.05) is 40.8 Å². The van der Waals surface area contributed by atoms with Gasteiger partial charge in [-0.05, 0) is 92.7 Å². The van der Waals surface area contributed by atoms with Crippen LogP contribution in [-0.2, 0) is 21.5 Å². The SMILES string of the molecule is CCN(C)CC1CCCN1C(=O)C1=Cc2cc(OC)ccc2-c2c(C3CCCCC3)c3ccc(C(=O)NS(=O)(=O)NC)cc3n2C1. The Bertz CT molecular complexity index is 1790. The molecule has 6 rings (SSSR count). The van der Waals surface area contributed by atoms with E-state index in [0.717, 1.165) is 91.6 Å². The van der Waals surface area contributed by atoms with E-state index in [1.165, 1.54) is 19.0 Å². The predicted octanol–water partition coefficient (Wildman–Crippen LogP) is 4.90. The molecular weight excluding hydrogens is 602 g/mol. The molecule has 2 fully saturated rings. The van der Waals surface area contributed by atoms with E-state index in [2.05, 4.69) is 38.9 Å². The zero-order chi connectivity index (χ0) is 32.6. The van der Waals surface area contributed by atoms with Crippen molar-refractivity contribution in [3.05, 3.63) is 58.7 Å². The Morgan fingerprint density at radius 3 is 2.54 bits per heavy atom. The Labute approximate surface area is 271 Å². The Hall–Kier alpha value is -3.67. The van der Waals surface area contributed by atoms with E-state index in [0.29, 0.717) is 18.0 Å². The number of likely N-dealkylation sites (N-methyl/N-ethyl adjacent to an activating group) is 1. The normalized spacial score (nSPS) is 18.7. The third-order valence-electron chi connectivity index (χ3n) is 10.0. The molecule has 46 heavy (non-hydrogen) atoms. The zero-order valence-corrected chi connectivity index (χ0v) is 28.1. The smallest absolute Gasteiger partial charge is 0.301 e. The van der Waals surface area contributed by atoms with Gasteiger partial charge in [-0.25, -0.2) is 9.44 Å². The lowest BCUT2D eigenvalue weighted by molar-refractivity contribution is -0.128. The van der Waals surface area contributed by atoms with E-state index in [1.807, 2.05) is 29.2 Å². The number of likely N-dealkylation sites (tertiary alicyclic amines) is 1. The molecule has 2 aromatic carbocycles. The molecule has 1 atom stereocenters. The molecule has 1 aliphatic carbocycles. The van der Waals surface area contributed by atoms with Gasteiger partial charge in [0.1, 0.15) is 5.75 Å². The number of ether oxygens (including phenoxy) is 1. The van der Waals surface area contributed by atoms with Crippen LogP contribution in [0.5, 0.6) is 5.75 Å². The predicted molar refractivity (Wildman–Crippen MR) is 181 cm³/mol. The highest BCUT2D eigenvalue weighted by atomic mass is 32.2. The number of carbonyl (C=O) groups is 2. The third-order valence-corrected chi connectivity index (χ3v) is 11.0. The number of carbonyl (C=O) groups excluding carboxylic acids is 2. The summed E-state index contributed by atoms with van der Waals surface area (Å²) in [7, 11) is 1.02. The molecule has 3 aromatic rings. The number of amides is 2. The van der Waals surface area contributed by atoms with Crippen LogP contribution in [-0.4, -0.2) is 81.5 Å². The lowest BCUT2D eigenvalue weighted by atomic mass is 9.81. The van der Waals surface area contributed by atoms with E-state index in [-0.39, 0.29) is 17.5 Å². The minimum Gasteiger partial charge on any atom is -0.497 e. The zero-order valence-electron chi connectivity index (χ0n) is 27.3. The molecular formula is C35H45N5O5S. The van der Waals surface area contributed by atoms with Crippen LogP contribution in [0.25, 0.3) is 28.2 Å². The maximum Gasteiger partial charge on any atom is 0.301 e. The first-order valence-electron chi connectivity index (χ1n) is 16.4. The van der Waals surface area contributed by atoms with Crippen LogP contribution < -0.4 is 14.2 Å². The fourth-order valence-electron chi connectivity index (χ4n) is 7.51. The molecule has 10 nitrogen and oxygen atoms in total. The van der Waals surface area contributed by atoms with Gasteiger partial charge in [-0.2, -0.15) is 8.42 Å². The highest BCUT2D eigenvalue weighted by molar-refractivity contribution is 7.88. The van der Waals surface area contributed by atoms with Crippen molar-refractivity contribution in [3.8, 4) is 17.0 Å². The van der Waals surface area contributed by atoms with Gasteiger partial charge in [0, 0.05) is 53.8 Å². The first kappa shape index (κ1) is 32.3. The van der Waals surface area contributed by atoms with Gasteiger partial charge >= 0.3 is 10.2 Å². The Balaban J connectivity index is 1.53. The third kappa shape index (κ3) is 6.20. The van der Waals surface area contributed by atoms with Crippen molar-refractivity contribution in [2.45, 2.75) is 70.4 Å². The summed E-state index contributed by atoms with van der Waals surface area (Å²) in [5, 5.41) is 1.04. The van der Waals surface area contributed by atoms with E-state index in [4.69, 9.17) is 4.74 Å². The first-order valence-corrected chi connectivity index (χ1v) is 17.9. The first-order chi connectivity index (χ1) is 22.1. The maximum absolute atomic E-state index is 14.5. The van der Waals surface area contributed by atoms with Gasteiger partial charge in [0.15, 0.2) is 0 Å². The van der Waals surface area contributed by atoms with Gasteiger partial charge in [-0.15, -0.1) is 0 Å². The average Bonchev–Trinajstić information content (AvgIpc) is 3.61. The van der Waals surface area contributed by atoms with Gasteiger partial charge < -0.3 is 19.1 Å². The maximum atomic E-state index is 14.5. The minimum absolute atomic E-state index is 0.0312. The summed E-state index contributed by atoms with van der Waals surface area (Å²) in [6.45, 7) is 4.94. The lowest BCUT2D eigenvalue weighted by Crippen LogP contribution is -2.43. The topological polar surface area (TPSA) is 113 Å². The number of aromatic nitrogens is 1. The number of benzene rings is 2. The second kappa shape index (κ2) is 13.2. The molecule has 0 radical (unpaired) electrons. The van der Waals surface area contributed by atoms with Crippen LogP contribution in [0.4, 0.5) is 0 Å². The van der Waals surface area contributed by atoms with Gasteiger partial charge in [0.2, 0.25) is 0 Å². The van der Waals surface area contributed by atoms with Crippen LogP contribution in [0.2, 0.25) is 0 Å². The second-order valence-corrected chi connectivity index (χ2v) is 14.4. The number of hydrogen-bond acceptors (Lipinski definition) is 6. The van der Waals surface area contributed by atoms with Crippen molar-refractivity contribution >= 4 is 39.0 Å². The van der Waals surface area contributed by atoms with Gasteiger partial charge in [0.05, 0.1) is 19.3 Å². The molecule has 1 saturated heterocycles. The lowest BCUT2D eigenvalue weighted by Gasteiger charge is -2.29. The number of fused-ring (bicyclic) bond motifs is 5. The fourth-order valence-corrected chi connectivity index (χ4v) is 7.97.